The molecule has 0 aromatic carbocycles. The maximum atomic E-state index is 8.80. The van der Waals surface area contributed by atoms with Crippen molar-refractivity contribution in [2.45, 2.75) is 25.3 Å². The van der Waals surface area contributed by atoms with Crippen molar-refractivity contribution < 1.29 is 5.11 Å². The Morgan fingerprint density at radius 2 is 2.25 bits per heavy atom. The molecule has 0 fully saturated rings. The summed E-state index contributed by atoms with van der Waals surface area (Å²) in [6, 6.07) is 5.73. The maximum Gasteiger partial charge on any atom is 0.0594 e. The van der Waals surface area contributed by atoms with E-state index in [1.54, 1.807) is 6.20 Å². The first-order valence-electron chi connectivity index (χ1n) is 5.55. The van der Waals surface area contributed by atoms with Crippen LogP contribution in [0.25, 0.3) is 0 Å². The lowest BCUT2D eigenvalue weighted by Gasteiger charge is -2.25. The third kappa shape index (κ3) is 3.89. The molecule has 1 rings (SSSR count). The van der Waals surface area contributed by atoms with Gasteiger partial charge < -0.3 is 16.2 Å². The summed E-state index contributed by atoms with van der Waals surface area (Å²) < 4.78 is 0. The fourth-order valence-electron chi connectivity index (χ4n) is 1.49. The molecule has 0 saturated heterocycles. The van der Waals surface area contributed by atoms with Crippen LogP contribution in [-0.4, -0.2) is 35.8 Å². The van der Waals surface area contributed by atoms with E-state index < -0.39 is 0 Å². The van der Waals surface area contributed by atoms with Gasteiger partial charge in [0, 0.05) is 36.4 Å². The van der Waals surface area contributed by atoms with E-state index in [1.807, 2.05) is 18.2 Å². The van der Waals surface area contributed by atoms with E-state index in [0.29, 0.717) is 6.54 Å². The predicted molar refractivity (Wildman–Crippen MR) is 65.2 cm³/mol. The summed E-state index contributed by atoms with van der Waals surface area (Å²) in [5, 5.41) is 12.1. The molecule has 0 aliphatic rings. The number of hydrogen-bond donors (Lipinski definition) is 3. The molecule has 1 atom stereocenters. The summed E-state index contributed by atoms with van der Waals surface area (Å²) in [4.78, 5) is 4.35. The van der Waals surface area contributed by atoms with Gasteiger partial charge in [-0.2, -0.15) is 0 Å². The van der Waals surface area contributed by atoms with Gasteiger partial charge in [0.2, 0.25) is 0 Å². The van der Waals surface area contributed by atoms with Gasteiger partial charge in [-0.25, -0.2) is 0 Å². The largest absolute Gasteiger partial charge is 0.395 e. The van der Waals surface area contributed by atoms with Gasteiger partial charge in [-0.15, -0.1) is 0 Å². The predicted octanol–water partition coefficient (Wildman–Crippen LogP) is 0.268. The Labute approximate surface area is 96.9 Å². The van der Waals surface area contributed by atoms with E-state index in [0.717, 1.165) is 12.2 Å². The number of rotatable bonds is 6. The van der Waals surface area contributed by atoms with Crippen molar-refractivity contribution in [3.63, 3.8) is 0 Å². The standard InChI is InChI=1S/C12H21N3O/c1-12(2,9-14-7-10(13)8-16)11-5-3-4-6-15-11/h3-6,10,14,16H,7-9,13H2,1-2H3. The van der Waals surface area contributed by atoms with Crippen LogP contribution < -0.4 is 11.1 Å². The van der Waals surface area contributed by atoms with Crippen LogP contribution in [0.15, 0.2) is 24.4 Å². The van der Waals surface area contributed by atoms with Gasteiger partial charge in [0.1, 0.15) is 0 Å². The normalized spacial score (nSPS) is 13.8. The molecule has 1 heterocycles. The Hall–Kier alpha value is -0.970. The van der Waals surface area contributed by atoms with Crippen LogP contribution in [0.4, 0.5) is 0 Å². The highest BCUT2D eigenvalue weighted by Gasteiger charge is 2.21. The Morgan fingerprint density at radius 1 is 1.50 bits per heavy atom. The van der Waals surface area contributed by atoms with Crippen LogP contribution in [0.2, 0.25) is 0 Å². The van der Waals surface area contributed by atoms with Gasteiger partial charge in [-0.05, 0) is 12.1 Å². The highest BCUT2D eigenvalue weighted by Crippen LogP contribution is 2.19. The summed E-state index contributed by atoms with van der Waals surface area (Å²) in [5.74, 6) is 0. The molecule has 4 heteroatoms. The lowest BCUT2D eigenvalue weighted by Crippen LogP contribution is -2.42. The van der Waals surface area contributed by atoms with Gasteiger partial charge in [0.05, 0.1) is 6.61 Å². The number of aromatic nitrogens is 1. The summed E-state index contributed by atoms with van der Waals surface area (Å²) in [6.07, 6.45) is 1.80. The number of nitrogens with two attached hydrogens (primary N) is 1. The van der Waals surface area contributed by atoms with Crippen LogP contribution in [0.3, 0.4) is 0 Å². The summed E-state index contributed by atoms with van der Waals surface area (Å²) in [5.41, 5.74) is 6.64. The van der Waals surface area contributed by atoms with Crippen LogP contribution in [-0.2, 0) is 5.41 Å². The van der Waals surface area contributed by atoms with E-state index in [1.165, 1.54) is 0 Å². The molecule has 4 nitrogen and oxygen atoms in total. The van der Waals surface area contributed by atoms with E-state index >= 15 is 0 Å². The fourth-order valence-corrected chi connectivity index (χ4v) is 1.49. The minimum atomic E-state index is -0.195. The molecule has 1 unspecified atom stereocenters. The zero-order valence-corrected chi connectivity index (χ0v) is 9.98. The number of nitrogens with zero attached hydrogens (tertiary/aromatic N) is 1. The van der Waals surface area contributed by atoms with Gasteiger partial charge in [-0.1, -0.05) is 19.9 Å². The third-order valence-corrected chi connectivity index (χ3v) is 2.57. The van der Waals surface area contributed by atoms with Crippen LogP contribution in [0, 0.1) is 0 Å². The molecule has 0 aliphatic heterocycles. The van der Waals surface area contributed by atoms with Gasteiger partial charge in [0.15, 0.2) is 0 Å². The zero-order chi connectivity index (χ0) is 12.0. The summed E-state index contributed by atoms with van der Waals surface area (Å²) in [7, 11) is 0. The van der Waals surface area contributed by atoms with Crippen molar-refractivity contribution in [1.82, 2.24) is 10.3 Å². The Bertz CT molecular complexity index is 300. The molecule has 0 saturated carbocycles. The number of aliphatic hydroxyl groups excluding tert-OH is 1. The highest BCUT2D eigenvalue weighted by atomic mass is 16.3. The zero-order valence-electron chi connectivity index (χ0n) is 9.98. The first kappa shape index (κ1) is 13.1. The van der Waals surface area contributed by atoms with Crippen molar-refractivity contribution in [3.05, 3.63) is 30.1 Å². The van der Waals surface area contributed by atoms with Crippen LogP contribution in [0.5, 0.6) is 0 Å². The summed E-state index contributed by atoms with van der Waals surface area (Å²) >= 11 is 0. The molecular formula is C12H21N3O. The van der Waals surface area contributed by atoms with Crippen molar-refractivity contribution in [2.75, 3.05) is 19.7 Å². The SMILES string of the molecule is CC(C)(CNCC(N)CO)c1ccccn1. The van der Waals surface area contributed by atoms with Crippen LogP contribution >= 0.6 is 0 Å². The molecule has 16 heavy (non-hydrogen) atoms. The monoisotopic (exact) mass is 223 g/mol. The third-order valence-electron chi connectivity index (χ3n) is 2.57. The Morgan fingerprint density at radius 3 is 2.81 bits per heavy atom. The molecule has 90 valence electrons. The first-order valence-corrected chi connectivity index (χ1v) is 5.55. The smallest absolute Gasteiger partial charge is 0.0594 e. The van der Waals surface area contributed by atoms with E-state index in [9.17, 15) is 0 Å². The average molecular weight is 223 g/mol. The van der Waals surface area contributed by atoms with Crippen molar-refractivity contribution in [3.8, 4) is 0 Å². The lowest BCUT2D eigenvalue weighted by molar-refractivity contribution is 0.260. The van der Waals surface area contributed by atoms with Gasteiger partial charge in [0.25, 0.3) is 0 Å². The second-order valence-electron chi connectivity index (χ2n) is 4.67. The molecule has 0 spiro atoms. The molecule has 1 aromatic rings. The number of aliphatic hydroxyl groups is 1. The van der Waals surface area contributed by atoms with Crippen molar-refractivity contribution >= 4 is 0 Å². The van der Waals surface area contributed by atoms with E-state index in [2.05, 4.69) is 24.1 Å². The molecule has 0 bridgehead atoms. The lowest BCUT2D eigenvalue weighted by atomic mass is 9.88. The maximum absolute atomic E-state index is 8.80. The summed E-state index contributed by atoms with van der Waals surface area (Å²) in [6.45, 7) is 5.68. The first-order chi connectivity index (χ1) is 7.56. The second kappa shape index (κ2) is 5.94. The molecule has 1 aromatic heterocycles. The Balaban J connectivity index is 2.46. The number of hydrogen-bond acceptors (Lipinski definition) is 4. The molecular weight excluding hydrogens is 202 g/mol. The van der Waals surface area contributed by atoms with Crippen LogP contribution in [0.1, 0.15) is 19.5 Å². The fraction of sp³-hybridized carbons (Fsp3) is 0.583. The number of pyridine rings is 1. The molecule has 4 N–H and O–H groups in total. The number of nitrogens with one attached hydrogen (secondary N) is 1. The molecule has 0 aliphatic carbocycles. The average Bonchev–Trinajstić information content (AvgIpc) is 2.30. The van der Waals surface area contributed by atoms with Gasteiger partial charge >= 0.3 is 0 Å². The Kier molecular flexibility index (Phi) is 4.86. The van der Waals surface area contributed by atoms with Crippen molar-refractivity contribution in [1.29, 1.82) is 0 Å². The minimum Gasteiger partial charge on any atom is -0.395 e. The molecule has 0 radical (unpaired) electrons. The van der Waals surface area contributed by atoms with Crippen molar-refractivity contribution in [2.24, 2.45) is 5.73 Å². The quantitative estimate of drug-likeness (QED) is 0.647. The topological polar surface area (TPSA) is 71.2 Å². The van der Waals surface area contributed by atoms with E-state index in [4.69, 9.17) is 10.8 Å². The second-order valence-corrected chi connectivity index (χ2v) is 4.67. The minimum absolute atomic E-state index is 0.0109. The van der Waals surface area contributed by atoms with E-state index in [-0.39, 0.29) is 18.1 Å². The highest BCUT2D eigenvalue weighted by molar-refractivity contribution is 5.14. The van der Waals surface area contributed by atoms with Gasteiger partial charge in [-0.3, -0.25) is 4.98 Å². The molecule has 0 amide bonds.